The van der Waals surface area contributed by atoms with Crippen molar-refractivity contribution in [2.24, 2.45) is 10.9 Å². The van der Waals surface area contributed by atoms with Crippen LogP contribution in [0.1, 0.15) is 26.7 Å². The molecule has 1 atom stereocenters. The first-order chi connectivity index (χ1) is 10.9. The number of hydrogen-bond acceptors (Lipinski definition) is 4. The maximum absolute atomic E-state index is 12.1. The second-order valence-corrected chi connectivity index (χ2v) is 8.48. The number of piperazine rings is 1. The van der Waals surface area contributed by atoms with Gasteiger partial charge >= 0.3 is 0 Å². The third-order valence-corrected chi connectivity index (χ3v) is 6.20. The fraction of sp³-hybridized carbons (Fsp3) is 0.867. The molecule has 0 aromatic heterocycles. The van der Waals surface area contributed by atoms with Crippen LogP contribution in [0.5, 0.6) is 0 Å². The van der Waals surface area contributed by atoms with Crippen LogP contribution in [0.25, 0.3) is 0 Å². The number of hydrogen-bond donors (Lipinski definition) is 1. The maximum Gasteiger partial charge on any atom is 0.242 e. The summed E-state index contributed by atoms with van der Waals surface area (Å²) in [5.74, 6) is 1.47. The Morgan fingerprint density at radius 1 is 1.35 bits per heavy atom. The Morgan fingerprint density at radius 2 is 2.13 bits per heavy atom. The first-order valence-electron chi connectivity index (χ1n) is 8.46. The van der Waals surface area contributed by atoms with Gasteiger partial charge in [-0.15, -0.1) is 0 Å². The van der Waals surface area contributed by atoms with Crippen LogP contribution in [0.2, 0.25) is 0 Å². The third kappa shape index (κ3) is 5.09. The lowest BCUT2D eigenvalue weighted by molar-refractivity contribution is -0.134. The van der Waals surface area contributed by atoms with Gasteiger partial charge in [0.2, 0.25) is 5.91 Å². The van der Waals surface area contributed by atoms with Crippen molar-refractivity contribution < 1.29 is 13.2 Å². The zero-order chi connectivity index (χ0) is 16.9. The van der Waals surface area contributed by atoms with Crippen LogP contribution in [0, 0.1) is 5.92 Å². The fourth-order valence-corrected chi connectivity index (χ4v) is 4.81. The molecule has 0 aromatic carbocycles. The van der Waals surface area contributed by atoms with E-state index in [-0.39, 0.29) is 23.3 Å². The molecule has 2 aliphatic heterocycles. The molecule has 0 aromatic rings. The molecule has 0 saturated carbocycles. The Balaban J connectivity index is 1.99. The number of guanidine groups is 1. The number of carbonyl (C=O) groups excluding carboxylic acids is 1. The van der Waals surface area contributed by atoms with E-state index in [0.29, 0.717) is 26.1 Å². The predicted octanol–water partition coefficient (Wildman–Crippen LogP) is -0.0592. The molecule has 132 valence electrons. The standard InChI is InChI=1S/C15H28N4O3S/c1-3-6-16-15(17-10-13-5-9-23(21,22)12-13)19-8-7-18(4-2)14(20)11-19/h13H,3-12H2,1-2H3,(H,16,17). The van der Waals surface area contributed by atoms with Gasteiger partial charge in [0.25, 0.3) is 0 Å². The van der Waals surface area contributed by atoms with E-state index in [1.807, 2.05) is 16.7 Å². The zero-order valence-electron chi connectivity index (χ0n) is 14.1. The lowest BCUT2D eigenvalue weighted by Crippen LogP contribution is -2.55. The van der Waals surface area contributed by atoms with Crippen molar-refractivity contribution in [2.45, 2.75) is 26.7 Å². The number of rotatable bonds is 5. The minimum Gasteiger partial charge on any atom is -0.356 e. The molecule has 1 N–H and O–H groups in total. The Morgan fingerprint density at radius 3 is 2.70 bits per heavy atom. The number of carbonyl (C=O) groups is 1. The smallest absolute Gasteiger partial charge is 0.242 e. The highest BCUT2D eigenvalue weighted by molar-refractivity contribution is 7.91. The zero-order valence-corrected chi connectivity index (χ0v) is 14.9. The molecule has 2 saturated heterocycles. The van der Waals surface area contributed by atoms with Crippen molar-refractivity contribution in [3.63, 3.8) is 0 Å². The fourth-order valence-electron chi connectivity index (χ4n) is 2.96. The van der Waals surface area contributed by atoms with E-state index >= 15 is 0 Å². The molecular formula is C15H28N4O3S. The number of likely N-dealkylation sites (N-methyl/N-ethyl adjacent to an activating group) is 1. The highest BCUT2D eigenvalue weighted by Crippen LogP contribution is 2.18. The van der Waals surface area contributed by atoms with Gasteiger partial charge in [-0.1, -0.05) is 6.92 Å². The quantitative estimate of drug-likeness (QED) is 0.558. The molecular weight excluding hydrogens is 316 g/mol. The summed E-state index contributed by atoms with van der Waals surface area (Å²) >= 11 is 0. The summed E-state index contributed by atoms with van der Waals surface area (Å²) < 4.78 is 23.1. The van der Waals surface area contributed by atoms with Crippen LogP contribution >= 0.6 is 0 Å². The number of sulfone groups is 1. The van der Waals surface area contributed by atoms with Gasteiger partial charge in [0.1, 0.15) is 0 Å². The molecule has 0 spiro atoms. The van der Waals surface area contributed by atoms with Crippen LogP contribution in [0.15, 0.2) is 4.99 Å². The van der Waals surface area contributed by atoms with Gasteiger partial charge in [0.05, 0.1) is 18.1 Å². The average Bonchev–Trinajstić information content (AvgIpc) is 2.86. The number of amides is 1. The number of nitrogens with zero attached hydrogens (tertiary/aromatic N) is 3. The van der Waals surface area contributed by atoms with E-state index in [0.717, 1.165) is 32.0 Å². The summed E-state index contributed by atoms with van der Waals surface area (Å²) in [5, 5.41) is 3.29. The van der Waals surface area contributed by atoms with Crippen molar-refractivity contribution in [3.05, 3.63) is 0 Å². The highest BCUT2D eigenvalue weighted by Gasteiger charge is 2.29. The molecule has 7 nitrogen and oxygen atoms in total. The number of aliphatic imine (C=N–C) groups is 1. The molecule has 2 rings (SSSR count). The minimum absolute atomic E-state index is 0.103. The van der Waals surface area contributed by atoms with Gasteiger partial charge in [0, 0.05) is 32.7 Å². The topological polar surface area (TPSA) is 82.1 Å². The lowest BCUT2D eigenvalue weighted by atomic mass is 10.1. The Labute approximate surface area is 139 Å². The summed E-state index contributed by atoms with van der Waals surface area (Å²) in [4.78, 5) is 20.5. The largest absolute Gasteiger partial charge is 0.356 e. The molecule has 1 unspecified atom stereocenters. The summed E-state index contributed by atoms with van der Waals surface area (Å²) in [6.07, 6.45) is 1.66. The van der Waals surface area contributed by atoms with Crippen molar-refractivity contribution in [1.29, 1.82) is 0 Å². The Bertz CT molecular complexity index is 547. The summed E-state index contributed by atoms with van der Waals surface area (Å²) in [7, 11) is -2.87. The molecule has 23 heavy (non-hydrogen) atoms. The van der Waals surface area contributed by atoms with Crippen molar-refractivity contribution in [3.8, 4) is 0 Å². The SMILES string of the molecule is CCCNC(=NCC1CCS(=O)(=O)C1)N1CCN(CC)C(=O)C1. The molecule has 8 heteroatoms. The molecule has 0 bridgehead atoms. The van der Waals surface area contributed by atoms with Gasteiger partial charge in [-0.2, -0.15) is 0 Å². The maximum atomic E-state index is 12.1. The van der Waals surface area contributed by atoms with E-state index in [1.165, 1.54) is 0 Å². The van der Waals surface area contributed by atoms with Crippen molar-refractivity contribution >= 4 is 21.7 Å². The van der Waals surface area contributed by atoms with Crippen LogP contribution in [0.4, 0.5) is 0 Å². The van der Waals surface area contributed by atoms with E-state index in [9.17, 15) is 13.2 Å². The number of nitrogens with one attached hydrogen (secondary N) is 1. The lowest BCUT2D eigenvalue weighted by Gasteiger charge is -2.35. The monoisotopic (exact) mass is 344 g/mol. The van der Waals surface area contributed by atoms with Crippen LogP contribution in [0.3, 0.4) is 0 Å². The summed E-state index contributed by atoms with van der Waals surface area (Å²) in [6.45, 7) is 7.91. The molecule has 0 radical (unpaired) electrons. The molecule has 0 aliphatic carbocycles. The van der Waals surface area contributed by atoms with Crippen LogP contribution < -0.4 is 5.32 Å². The predicted molar refractivity (Wildman–Crippen MR) is 91.2 cm³/mol. The van der Waals surface area contributed by atoms with E-state index in [4.69, 9.17) is 0 Å². The minimum atomic E-state index is -2.87. The average molecular weight is 344 g/mol. The molecule has 1 amide bonds. The molecule has 2 fully saturated rings. The normalized spacial score (nSPS) is 25.0. The molecule has 2 aliphatic rings. The molecule has 2 heterocycles. The van der Waals surface area contributed by atoms with Gasteiger partial charge in [0.15, 0.2) is 15.8 Å². The van der Waals surface area contributed by atoms with E-state index in [1.54, 1.807) is 0 Å². The van der Waals surface area contributed by atoms with Crippen LogP contribution in [-0.2, 0) is 14.6 Å². The van der Waals surface area contributed by atoms with Gasteiger partial charge in [-0.25, -0.2) is 8.42 Å². The Kier molecular flexibility index (Phi) is 6.26. The van der Waals surface area contributed by atoms with E-state index < -0.39 is 9.84 Å². The second-order valence-electron chi connectivity index (χ2n) is 6.26. The van der Waals surface area contributed by atoms with Crippen molar-refractivity contribution in [1.82, 2.24) is 15.1 Å². The van der Waals surface area contributed by atoms with Gasteiger partial charge < -0.3 is 15.1 Å². The third-order valence-electron chi connectivity index (χ3n) is 4.36. The first kappa shape index (κ1) is 18.0. The second kappa shape index (κ2) is 7.99. The first-order valence-corrected chi connectivity index (χ1v) is 10.3. The van der Waals surface area contributed by atoms with E-state index in [2.05, 4.69) is 17.2 Å². The van der Waals surface area contributed by atoms with Crippen molar-refractivity contribution in [2.75, 3.05) is 50.8 Å². The van der Waals surface area contributed by atoms with Gasteiger partial charge in [-0.05, 0) is 25.7 Å². The summed E-state index contributed by atoms with van der Waals surface area (Å²) in [5.41, 5.74) is 0. The van der Waals surface area contributed by atoms with Gasteiger partial charge in [-0.3, -0.25) is 9.79 Å². The van der Waals surface area contributed by atoms with Crippen LogP contribution in [-0.4, -0.2) is 80.9 Å². The Hall–Kier alpha value is -1.31. The summed E-state index contributed by atoms with van der Waals surface area (Å²) in [6, 6.07) is 0. The highest BCUT2D eigenvalue weighted by atomic mass is 32.2.